The van der Waals surface area contributed by atoms with Crippen molar-refractivity contribution in [1.29, 1.82) is 0 Å². The summed E-state index contributed by atoms with van der Waals surface area (Å²) >= 11 is 0. The van der Waals surface area contributed by atoms with E-state index in [-0.39, 0.29) is 12.0 Å². The highest BCUT2D eigenvalue weighted by atomic mass is 19.3. The predicted octanol–water partition coefficient (Wildman–Crippen LogP) is 2.35. The second-order valence-corrected chi connectivity index (χ2v) is 6.58. The molecule has 0 aromatic heterocycles. The quantitative estimate of drug-likeness (QED) is 0.822. The van der Waals surface area contributed by atoms with Crippen molar-refractivity contribution in [1.82, 2.24) is 10.2 Å². The third kappa shape index (κ3) is 3.38. The minimum absolute atomic E-state index is 0.0601. The standard InChI is InChI=1S/C13H24F2N2/c1-13(2,3)11-7-17(8-12(14)15)10(6-16-11)9-4-5-9/h9-12,16H,4-8H2,1-3H3. The van der Waals surface area contributed by atoms with E-state index in [0.29, 0.717) is 18.0 Å². The molecule has 4 heteroatoms. The third-order valence-corrected chi connectivity index (χ3v) is 4.04. The Bertz CT molecular complexity index is 259. The summed E-state index contributed by atoms with van der Waals surface area (Å²) in [4.78, 5) is 2.02. The minimum Gasteiger partial charge on any atom is -0.311 e. The summed E-state index contributed by atoms with van der Waals surface area (Å²) < 4.78 is 25.3. The van der Waals surface area contributed by atoms with E-state index in [1.165, 1.54) is 12.8 Å². The first kappa shape index (κ1) is 13.2. The van der Waals surface area contributed by atoms with Gasteiger partial charge in [0.05, 0.1) is 6.54 Å². The van der Waals surface area contributed by atoms with E-state index >= 15 is 0 Å². The van der Waals surface area contributed by atoms with Crippen LogP contribution in [0.3, 0.4) is 0 Å². The Balaban J connectivity index is 1.99. The Morgan fingerprint density at radius 3 is 2.41 bits per heavy atom. The summed E-state index contributed by atoms with van der Waals surface area (Å²) in [5.74, 6) is 0.655. The van der Waals surface area contributed by atoms with Gasteiger partial charge in [0, 0.05) is 25.2 Å². The van der Waals surface area contributed by atoms with Crippen LogP contribution >= 0.6 is 0 Å². The van der Waals surface area contributed by atoms with Crippen LogP contribution in [0.4, 0.5) is 8.78 Å². The number of nitrogens with zero attached hydrogens (tertiary/aromatic N) is 1. The van der Waals surface area contributed by atoms with Gasteiger partial charge in [-0.05, 0) is 24.2 Å². The van der Waals surface area contributed by atoms with E-state index in [4.69, 9.17) is 0 Å². The smallest absolute Gasteiger partial charge is 0.251 e. The molecule has 0 radical (unpaired) electrons. The summed E-state index contributed by atoms with van der Waals surface area (Å²) in [6.07, 6.45) is 0.216. The molecule has 0 amide bonds. The molecular weight excluding hydrogens is 222 g/mol. The fourth-order valence-electron chi connectivity index (χ4n) is 2.74. The van der Waals surface area contributed by atoms with Gasteiger partial charge in [-0.2, -0.15) is 0 Å². The van der Waals surface area contributed by atoms with Gasteiger partial charge in [-0.25, -0.2) is 8.78 Å². The maximum absolute atomic E-state index is 12.6. The molecule has 1 aliphatic carbocycles. The van der Waals surface area contributed by atoms with E-state index in [2.05, 4.69) is 26.1 Å². The molecule has 2 unspecified atom stereocenters. The Labute approximate surface area is 103 Å². The van der Waals surface area contributed by atoms with E-state index < -0.39 is 6.43 Å². The maximum atomic E-state index is 12.6. The van der Waals surface area contributed by atoms with E-state index in [0.717, 1.165) is 13.1 Å². The molecular formula is C13H24F2N2. The molecule has 1 N–H and O–H groups in total. The van der Waals surface area contributed by atoms with Crippen LogP contribution in [0, 0.1) is 11.3 Å². The van der Waals surface area contributed by atoms with Crippen LogP contribution in [0.2, 0.25) is 0 Å². The van der Waals surface area contributed by atoms with Crippen molar-refractivity contribution in [3.63, 3.8) is 0 Å². The lowest BCUT2D eigenvalue weighted by Gasteiger charge is -2.45. The van der Waals surface area contributed by atoms with Gasteiger partial charge in [0.25, 0.3) is 6.43 Å². The van der Waals surface area contributed by atoms with Crippen LogP contribution in [-0.2, 0) is 0 Å². The normalized spacial score (nSPS) is 32.1. The lowest BCUT2D eigenvalue weighted by atomic mass is 9.84. The average Bonchev–Trinajstić information content (AvgIpc) is 2.98. The number of rotatable bonds is 3. The summed E-state index contributed by atoms with van der Waals surface area (Å²) in [6.45, 7) is 8.08. The number of halogens is 2. The molecule has 17 heavy (non-hydrogen) atoms. The van der Waals surface area contributed by atoms with Crippen LogP contribution in [0.1, 0.15) is 33.6 Å². The van der Waals surface area contributed by atoms with Crippen LogP contribution in [0.5, 0.6) is 0 Å². The van der Waals surface area contributed by atoms with Gasteiger partial charge < -0.3 is 5.32 Å². The first-order chi connectivity index (χ1) is 7.88. The van der Waals surface area contributed by atoms with Crippen LogP contribution in [-0.4, -0.2) is 43.0 Å². The van der Waals surface area contributed by atoms with E-state index in [1.807, 2.05) is 4.90 Å². The number of nitrogens with one attached hydrogen (secondary N) is 1. The minimum atomic E-state index is -2.21. The topological polar surface area (TPSA) is 15.3 Å². The Morgan fingerprint density at radius 1 is 1.29 bits per heavy atom. The molecule has 1 saturated carbocycles. The molecule has 100 valence electrons. The maximum Gasteiger partial charge on any atom is 0.251 e. The van der Waals surface area contributed by atoms with Crippen molar-refractivity contribution in [3.8, 4) is 0 Å². The molecule has 1 saturated heterocycles. The Hall–Kier alpha value is -0.220. The molecule has 0 aromatic carbocycles. The molecule has 2 fully saturated rings. The van der Waals surface area contributed by atoms with Gasteiger partial charge in [0.2, 0.25) is 0 Å². The van der Waals surface area contributed by atoms with Crippen LogP contribution < -0.4 is 5.32 Å². The van der Waals surface area contributed by atoms with Crippen molar-refractivity contribution in [2.75, 3.05) is 19.6 Å². The molecule has 0 aromatic rings. The summed E-state index contributed by atoms with van der Waals surface area (Å²) in [7, 11) is 0. The number of hydrogen-bond donors (Lipinski definition) is 1. The van der Waals surface area contributed by atoms with Crippen LogP contribution in [0.15, 0.2) is 0 Å². The zero-order valence-electron chi connectivity index (χ0n) is 11.0. The molecule has 2 atom stereocenters. The van der Waals surface area contributed by atoms with Crippen molar-refractivity contribution in [2.24, 2.45) is 11.3 Å². The molecule has 0 spiro atoms. The molecule has 2 nitrogen and oxygen atoms in total. The van der Waals surface area contributed by atoms with E-state index in [9.17, 15) is 8.78 Å². The number of alkyl halides is 2. The number of hydrogen-bond acceptors (Lipinski definition) is 2. The highest BCUT2D eigenvalue weighted by molar-refractivity contribution is 4.97. The lowest BCUT2D eigenvalue weighted by molar-refractivity contribution is 0.0194. The highest BCUT2D eigenvalue weighted by Crippen LogP contribution is 2.37. The fourth-order valence-corrected chi connectivity index (χ4v) is 2.74. The lowest BCUT2D eigenvalue weighted by Crippen LogP contribution is -2.61. The second-order valence-electron chi connectivity index (χ2n) is 6.58. The van der Waals surface area contributed by atoms with Gasteiger partial charge in [0.15, 0.2) is 0 Å². The summed E-state index contributed by atoms with van der Waals surface area (Å²) in [6, 6.07) is 0.652. The molecule has 2 rings (SSSR count). The Morgan fingerprint density at radius 2 is 1.94 bits per heavy atom. The Kier molecular flexibility index (Phi) is 3.74. The average molecular weight is 246 g/mol. The number of piperazine rings is 1. The second kappa shape index (κ2) is 4.81. The first-order valence-corrected chi connectivity index (χ1v) is 6.63. The molecule has 1 heterocycles. The molecule has 0 bridgehead atoms. The monoisotopic (exact) mass is 246 g/mol. The van der Waals surface area contributed by atoms with Gasteiger partial charge in [-0.15, -0.1) is 0 Å². The molecule has 2 aliphatic rings. The van der Waals surface area contributed by atoms with Crippen molar-refractivity contribution in [3.05, 3.63) is 0 Å². The van der Waals surface area contributed by atoms with Crippen molar-refractivity contribution < 1.29 is 8.78 Å². The van der Waals surface area contributed by atoms with E-state index in [1.54, 1.807) is 0 Å². The van der Waals surface area contributed by atoms with Crippen molar-refractivity contribution in [2.45, 2.75) is 52.1 Å². The highest BCUT2D eigenvalue weighted by Gasteiger charge is 2.41. The molecule has 1 aliphatic heterocycles. The summed E-state index contributed by atoms with van der Waals surface area (Å²) in [5.41, 5.74) is 0.134. The third-order valence-electron chi connectivity index (χ3n) is 4.04. The van der Waals surface area contributed by atoms with Crippen LogP contribution in [0.25, 0.3) is 0 Å². The largest absolute Gasteiger partial charge is 0.311 e. The summed E-state index contributed by atoms with van der Waals surface area (Å²) in [5, 5.41) is 3.55. The predicted molar refractivity (Wildman–Crippen MR) is 65.3 cm³/mol. The van der Waals surface area contributed by atoms with Gasteiger partial charge in [-0.3, -0.25) is 4.90 Å². The fraction of sp³-hybridized carbons (Fsp3) is 1.00. The van der Waals surface area contributed by atoms with Gasteiger partial charge in [0.1, 0.15) is 0 Å². The zero-order valence-corrected chi connectivity index (χ0v) is 11.0. The van der Waals surface area contributed by atoms with Crippen molar-refractivity contribution >= 4 is 0 Å². The van der Waals surface area contributed by atoms with Gasteiger partial charge in [-0.1, -0.05) is 20.8 Å². The SMILES string of the molecule is CC(C)(C)C1CN(CC(F)F)C(C2CC2)CN1. The first-order valence-electron chi connectivity index (χ1n) is 6.63. The van der Waals surface area contributed by atoms with Gasteiger partial charge >= 0.3 is 0 Å². The zero-order chi connectivity index (χ0) is 12.6.